The molecule has 2 aromatic rings. The Kier molecular flexibility index (Phi) is 2.35. The molecule has 0 radical (unpaired) electrons. The van der Waals surface area contributed by atoms with E-state index in [9.17, 15) is 0 Å². The quantitative estimate of drug-likeness (QED) is 0.576. The highest BCUT2D eigenvalue weighted by Gasteiger charge is 2.05. The Bertz CT molecular complexity index is 431. The molecule has 0 aliphatic rings. The van der Waals surface area contributed by atoms with Crippen LogP contribution in [-0.2, 0) is 0 Å². The van der Waals surface area contributed by atoms with Gasteiger partial charge in [0.25, 0.3) is 0 Å². The van der Waals surface area contributed by atoms with Crippen LogP contribution in [0.1, 0.15) is 0 Å². The highest BCUT2D eigenvalue weighted by molar-refractivity contribution is 7.80. The summed E-state index contributed by atoms with van der Waals surface area (Å²) < 4.78 is 1.59. The minimum absolute atomic E-state index is 0.461. The van der Waals surface area contributed by atoms with Crippen molar-refractivity contribution < 1.29 is 0 Å². The third-order valence-corrected chi connectivity index (χ3v) is 2.46. The summed E-state index contributed by atoms with van der Waals surface area (Å²) in [7, 11) is 0. The molecule has 72 valence electrons. The molecule has 1 aromatic carbocycles. The Hall–Kier alpha value is -1.20. The van der Waals surface area contributed by atoms with Crippen molar-refractivity contribution in [3.63, 3.8) is 0 Å². The number of aromatic nitrogens is 3. The smallest absolute Gasteiger partial charge is 0.138 e. The number of thiol groups is 1. The highest BCUT2D eigenvalue weighted by Crippen LogP contribution is 2.28. The largest absolute Gasteiger partial charge is 0.397 e. The molecule has 0 saturated carbocycles. The van der Waals surface area contributed by atoms with Crippen LogP contribution >= 0.6 is 24.2 Å². The summed E-state index contributed by atoms with van der Waals surface area (Å²) in [6.45, 7) is 0. The standard InChI is InChI=1S/C8H7ClN4S/c9-6-1-5(2-7(14)8(6)10)13-4-11-3-12-13/h1-4,14H,10H2. The van der Waals surface area contributed by atoms with Crippen LogP contribution in [0.5, 0.6) is 0 Å². The van der Waals surface area contributed by atoms with Gasteiger partial charge in [0.2, 0.25) is 0 Å². The third kappa shape index (κ3) is 1.56. The fraction of sp³-hybridized carbons (Fsp3) is 0. The SMILES string of the molecule is Nc1c(S)cc(-n2cncn2)cc1Cl. The average Bonchev–Trinajstić information content (AvgIpc) is 2.66. The normalized spacial score (nSPS) is 10.4. The van der Waals surface area contributed by atoms with Gasteiger partial charge in [-0.1, -0.05) is 11.6 Å². The van der Waals surface area contributed by atoms with Crippen LogP contribution in [0.25, 0.3) is 5.69 Å². The molecule has 0 spiro atoms. The number of rotatable bonds is 1. The van der Waals surface area contributed by atoms with Crippen LogP contribution in [-0.4, -0.2) is 14.8 Å². The summed E-state index contributed by atoms with van der Waals surface area (Å²) >= 11 is 10.1. The first-order valence-electron chi connectivity index (χ1n) is 3.81. The highest BCUT2D eigenvalue weighted by atomic mass is 35.5. The first-order valence-corrected chi connectivity index (χ1v) is 4.64. The number of hydrogen-bond acceptors (Lipinski definition) is 4. The lowest BCUT2D eigenvalue weighted by Gasteiger charge is -2.06. The maximum atomic E-state index is 5.90. The maximum Gasteiger partial charge on any atom is 0.138 e. The van der Waals surface area contributed by atoms with E-state index in [1.807, 2.05) is 0 Å². The van der Waals surface area contributed by atoms with E-state index in [0.717, 1.165) is 5.69 Å². The fourth-order valence-electron chi connectivity index (χ4n) is 1.06. The number of nitrogens with zero attached hydrogens (tertiary/aromatic N) is 3. The summed E-state index contributed by atoms with van der Waals surface area (Å²) in [4.78, 5) is 4.46. The van der Waals surface area contributed by atoms with Gasteiger partial charge in [-0.05, 0) is 12.1 Å². The van der Waals surface area contributed by atoms with Crippen molar-refractivity contribution >= 4 is 29.9 Å². The lowest BCUT2D eigenvalue weighted by atomic mass is 10.3. The lowest BCUT2D eigenvalue weighted by Crippen LogP contribution is -1.97. The molecule has 1 aromatic heterocycles. The molecule has 0 fully saturated rings. The summed E-state index contributed by atoms with van der Waals surface area (Å²) in [6, 6.07) is 3.49. The number of nitrogens with two attached hydrogens (primary N) is 1. The van der Waals surface area contributed by atoms with Gasteiger partial charge in [0.1, 0.15) is 12.7 Å². The Morgan fingerprint density at radius 3 is 2.79 bits per heavy atom. The monoisotopic (exact) mass is 226 g/mol. The van der Waals surface area contributed by atoms with Crippen LogP contribution in [0.15, 0.2) is 29.7 Å². The molecule has 0 bridgehead atoms. The van der Waals surface area contributed by atoms with E-state index in [4.69, 9.17) is 17.3 Å². The molecule has 0 atom stereocenters. The molecule has 2 N–H and O–H groups in total. The zero-order valence-corrected chi connectivity index (χ0v) is 8.70. The molecule has 6 heteroatoms. The van der Waals surface area contributed by atoms with Crippen molar-refractivity contribution in [1.29, 1.82) is 0 Å². The second-order valence-corrected chi connectivity index (χ2v) is 3.59. The molecule has 1 heterocycles. The molecule has 2 rings (SSSR count). The van der Waals surface area contributed by atoms with Gasteiger partial charge in [-0.3, -0.25) is 0 Å². The zero-order chi connectivity index (χ0) is 10.1. The van der Waals surface area contributed by atoms with Crippen LogP contribution in [0.3, 0.4) is 0 Å². The van der Waals surface area contributed by atoms with E-state index >= 15 is 0 Å². The van der Waals surface area contributed by atoms with Crippen molar-refractivity contribution in [2.24, 2.45) is 0 Å². The third-order valence-electron chi connectivity index (χ3n) is 1.78. The topological polar surface area (TPSA) is 56.7 Å². The van der Waals surface area contributed by atoms with Crippen molar-refractivity contribution in [3.05, 3.63) is 29.8 Å². The van der Waals surface area contributed by atoms with E-state index in [1.54, 1.807) is 23.1 Å². The molecule has 0 aliphatic carbocycles. The van der Waals surface area contributed by atoms with E-state index in [-0.39, 0.29) is 0 Å². The summed E-state index contributed by atoms with van der Waals surface area (Å²) in [5, 5.41) is 4.43. The zero-order valence-electron chi connectivity index (χ0n) is 7.05. The van der Waals surface area contributed by atoms with Gasteiger partial charge >= 0.3 is 0 Å². The van der Waals surface area contributed by atoms with Crippen LogP contribution in [0.4, 0.5) is 5.69 Å². The minimum Gasteiger partial charge on any atom is -0.397 e. The van der Waals surface area contributed by atoms with Gasteiger partial charge in [0, 0.05) is 4.90 Å². The molecular formula is C8H7ClN4S. The number of anilines is 1. The van der Waals surface area contributed by atoms with Crippen LogP contribution in [0, 0.1) is 0 Å². The summed E-state index contributed by atoms with van der Waals surface area (Å²) in [5.74, 6) is 0. The van der Waals surface area contributed by atoms with Gasteiger partial charge in [-0.2, -0.15) is 5.10 Å². The van der Waals surface area contributed by atoms with Gasteiger partial charge in [0.15, 0.2) is 0 Å². The molecule has 14 heavy (non-hydrogen) atoms. The van der Waals surface area contributed by atoms with Crippen molar-refractivity contribution in [1.82, 2.24) is 14.8 Å². The molecule has 0 aliphatic heterocycles. The van der Waals surface area contributed by atoms with E-state index in [0.29, 0.717) is 15.6 Å². The van der Waals surface area contributed by atoms with Crippen molar-refractivity contribution in [2.45, 2.75) is 4.90 Å². The Labute approximate surface area is 91.1 Å². The molecule has 0 saturated heterocycles. The van der Waals surface area contributed by atoms with E-state index in [2.05, 4.69) is 22.7 Å². The number of nitrogen functional groups attached to an aromatic ring is 1. The first kappa shape index (κ1) is 9.36. The van der Waals surface area contributed by atoms with Crippen LogP contribution in [0.2, 0.25) is 5.02 Å². The summed E-state index contributed by atoms with van der Waals surface area (Å²) in [5.41, 5.74) is 6.91. The van der Waals surface area contributed by atoms with E-state index in [1.165, 1.54) is 6.33 Å². The summed E-state index contributed by atoms with van der Waals surface area (Å²) in [6.07, 6.45) is 3.03. The van der Waals surface area contributed by atoms with Gasteiger partial charge in [-0.25, -0.2) is 9.67 Å². The van der Waals surface area contributed by atoms with Gasteiger partial charge in [0.05, 0.1) is 16.4 Å². The van der Waals surface area contributed by atoms with Crippen molar-refractivity contribution in [3.8, 4) is 5.69 Å². The Balaban J connectivity index is 2.57. The van der Waals surface area contributed by atoms with Gasteiger partial charge in [-0.15, -0.1) is 12.6 Å². The maximum absolute atomic E-state index is 5.90. The Morgan fingerprint density at radius 1 is 1.43 bits per heavy atom. The first-order chi connectivity index (χ1) is 6.68. The van der Waals surface area contributed by atoms with Crippen molar-refractivity contribution in [2.75, 3.05) is 5.73 Å². The second-order valence-electron chi connectivity index (χ2n) is 2.70. The Morgan fingerprint density at radius 2 is 2.21 bits per heavy atom. The molecular weight excluding hydrogens is 220 g/mol. The molecule has 0 unspecified atom stereocenters. The second kappa shape index (κ2) is 3.51. The average molecular weight is 227 g/mol. The predicted octanol–water partition coefficient (Wildman–Crippen LogP) is 1.79. The molecule has 4 nitrogen and oxygen atoms in total. The number of benzene rings is 1. The van der Waals surface area contributed by atoms with Gasteiger partial charge < -0.3 is 5.73 Å². The lowest BCUT2D eigenvalue weighted by molar-refractivity contribution is 0.876. The van der Waals surface area contributed by atoms with E-state index < -0.39 is 0 Å². The predicted molar refractivity (Wildman–Crippen MR) is 58.0 cm³/mol. The fourth-order valence-corrected chi connectivity index (χ4v) is 1.60. The van der Waals surface area contributed by atoms with Crippen LogP contribution < -0.4 is 5.73 Å². The molecule has 0 amide bonds. The number of halogens is 1. The number of hydrogen-bond donors (Lipinski definition) is 2. The minimum atomic E-state index is 0.461.